The molecule has 2 aliphatic carbocycles. The molecule has 0 heterocycles. The minimum atomic E-state index is -4.05. The fraction of sp³-hybridized carbons (Fsp3) is 0.562. The van der Waals surface area contributed by atoms with Gasteiger partial charge in [0.1, 0.15) is 16.7 Å². The average molecular weight is 374 g/mol. The van der Waals surface area contributed by atoms with Crippen molar-refractivity contribution in [2.75, 3.05) is 13.7 Å². The van der Waals surface area contributed by atoms with Crippen molar-refractivity contribution in [3.8, 4) is 5.75 Å². The van der Waals surface area contributed by atoms with Crippen LogP contribution in [0.25, 0.3) is 0 Å². The molecule has 0 aliphatic heterocycles. The number of hydrogen-bond donors (Lipinski definition) is 1. The summed E-state index contributed by atoms with van der Waals surface area (Å²) in [5, 5.41) is 0.250. The number of sulfonamides is 1. The predicted octanol–water partition coefficient (Wildman–Crippen LogP) is 2.36. The van der Waals surface area contributed by atoms with Gasteiger partial charge >= 0.3 is 0 Å². The highest BCUT2D eigenvalue weighted by molar-refractivity contribution is 7.90. The zero-order valence-corrected chi connectivity index (χ0v) is 15.1. The van der Waals surface area contributed by atoms with Crippen LogP contribution in [-0.4, -0.2) is 34.1 Å². The summed E-state index contributed by atoms with van der Waals surface area (Å²) in [6, 6.07) is 4.30. The number of methoxy groups -OCH3 is 1. The highest BCUT2D eigenvalue weighted by atomic mass is 35.5. The number of halogens is 1. The van der Waals surface area contributed by atoms with Gasteiger partial charge < -0.3 is 9.47 Å². The van der Waals surface area contributed by atoms with Crippen LogP contribution in [-0.2, 0) is 19.6 Å². The molecule has 1 aromatic rings. The van der Waals surface area contributed by atoms with Crippen molar-refractivity contribution in [1.29, 1.82) is 0 Å². The second-order valence-electron chi connectivity index (χ2n) is 6.56. The number of benzene rings is 1. The Morgan fingerprint density at radius 1 is 1.46 bits per heavy atom. The van der Waals surface area contributed by atoms with E-state index in [9.17, 15) is 13.2 Å². The maximum absolute atomic E-state index is 12.6. The van der Waals surface area contributed by atoms with Crippen LogP contribution in [0.1, 0.15) is 26.2 Å². The zero-order chi connectivity index (χ0) is 17.5. The first-order valence-electron chi connectivity index (χ1n) is 7.79. The molecule has 132 valence electrons. The van der Waals surface area contributed by atoms with E-state index in [1.807, 2.05) is 0 Å². The lowest BCUT2D eigenvalue weighted by Crippen LogP contribution is -2.33. The Morgan fingerprint density at radius 3 is 2.75 bits per heavy atom. The van der Waals surface area contributed by atoms with E-state index in [1.54, 1.807) is 6.92 Å². The van der Waals surface area contributed by atoms with Crippen molar-refractivity contribution in [1.82, 2.24) is 4.72 Å². The molecule has 1 N–H and O–H groups in total. The molecule has 0 aromatic heterocycles. The molecule has 1 spiro atoms. The molecule has 1 amide bonds. The monoisotopic (exact) mass is 373 g/mol. The first-order chi connectivity index (χ1) is 11.3. The molecule has 1 aromatic carbocycles. The number of carbonyl (C=O) groups excluding carboxylic acids is 1. The summed E-state index contributed by atoms with van der Waals surface area (Å²) in [6.45, 7) is 2.06. The summed E-state index contributed by atoms with van der Waals surface area (Å²) in [7, 11) is -2.52. The second-order valence-corrected chi connectivity index (χ2v) is 8.65. The summed E-state index contributed by atoms with van der Waals surface area (Å²) in [6.07, 6.45) is 2.44. The minimum Gasteiger partial charge on any atom is -0.487 e. The second kappa shape index (κ2) is 6.20. The van der Waals surface area contributed by atoms with Crippen molar-refractivity contribution >= 4 is 27.5 Å². The van der Waals surface area contributed by atoms with Crippen LogP contribution in [0.5, 0.6) is 5.75 Å². The van der Waals surface area contributed by atoms with Crippen molar-refractivity contribution in [2.24, 2.45) is 11.3 Å². The van der Waals surface area contributed by atoms with Gasteiger partial charge in [-0.3, -0.25) is 4.79 Å². The quantitative estimate of drug-likeness (QED) is 0.793. The van der Waals surface area contributed by atoms with Crippen molar-refractivity contribution in [3.05, 3.63) is 23.2 Å². The van der Waals surface area contributed by atoms with Crippen LogP contribution in [0.15, 0.2) is 23.1 Å². The Kier molecular flexibility index (Phi) is 4.53. The van der Waals surface area contributed by atoms with E-state index in [1.165, 1.54) is 25.3 Å². The van der Waals surface area contributed by atoms with Gasteiger partial charge in [0.05, 0.1) is 6.61 Å². The normalized spacial score (nSPS) is 22.0. The molecule has 0 radical (unpaired) electrons. The molecule has 2 aliphatic rings. The number of nitrogens with one attached hydrogen (secondary N) is 1. The molecule has 3 rings (SSSR count). The molecule has 2 saturated carbocycles. The average Bonchev–Trinajstić information content (AvgIpc) is 3.41. The Bertz CT molecular complexity index is 760. The largest absolute Gasteiger partial charge is 0.487 e. The minimum absolute atomic E-state index is 0.0836. The molecule has 24 heavy (non-hydrogen) atoms. The van der Waals surface area contributed by atoms with E-state index in [2.05, 4.69) is 4.72 Å². The van der Waals surface area contributed by atoms with Crippen molar-refractivity contribution in [3.63, 3.8) is 0 Å². The Hall–Kier alpha value is -1.31. The lowest BCUT2D eigenvalue weighted by molar-refractivity contribution is -0.120. The molecular formula is C16H20ClNO5S. The summed E-state index contributed by atoms with van der Waals surface area (Å²) in [4.78, 5) is 12.0. The fourth-order valence-electron chi connectivity index (χ4n) is 2.96. The summed E-state index contributed by atoms with van der Waals surface area (Å²) < 4.78 is 38.0. The Morgan fingerprint density at radius 2 is 2.17 bits per heavy atom. The summed E-state index contributed by atoms with van der Waals surface area (Å²) in [5.41, 5.74) is 0.0836. The lowest BCUT2D eigenvalue weighted by Gasteiger charge is -2.17. The summed E-state index contributed by atoms with van der Waals surface area (Å²) in [5.74, 6) is -0.493. The third-order valence-electron chi connectivity index (χ3n) is 4.56. The zero-order valence-electron chi connectivity index (χ0n) is 13.5. The standard InChI is InChI=1S/C16H20ClNO5S/c1-10(9-22-2)23-13-4-3-11(17)7-14(13)24(20,21)18-15(19)12-8-16(12)5-6-16/h3-4,7,10,12H,5-6,8-9H2,1-2H3,(H,18,19). The molecule has 2 atom stereocenters. The van der Waals surface area contributed by atoms with E-state index in [0.717, 1.165) is 19.3 Å². The molecule has 8 heteroatoms. The van der Waals surface area contributed by atoms with Gasteiger partial charge in [0.2, 0.25) is 5.91 Å². The molecular weight excluding hydrogens is 354 g/mol. The van der Waals surface area contributed by atoms with Crippen LogP contribution in [0.2, 0.25) is 5.02 Å². The van der Waals surface area contributed by atoms with E-state index in [0.29, 0.717) is 6.61 Å². The van der Waals surface area contributed by atoms with Gasteiger partial charge in [0.15, 0.2) is 0 Å². The van der Waals surface area contributed by atoms with Gasteiger partial charge in [0, 0.05) is 18.1 Å². The van der Waals surface area contributed by atoms with Crippen LogP contribution in [0, 0.1) is 11.3 Å². The van der Waals surface area contributed by atoms with Gasteiger partial charge in [-0.1, -0.05) is 11.6 Å². The molecule has 0 bridgehead atoms. The molecule has 6 nitrogen and oxygen atoms in total. The van der Waals surface area contributed by atoms with Gasteiger partial charge in [-0.15, -0.1) is 0 Å². The van der Waals surface area contributed by atoms with Crippen molar-refractivity contribution in [2.45, 2.75) is 37.2 Å². The Balaban J connectivity index is 1.80. The third kappa shape index (κ3) is 3.53. The SMILES string of the molecule is COCC(C)Oc1ccc(Cl)cc1S(=O)(=O)NC(=O)C1CC12CC2. The number of carbonyl (C=O) groups is 1. The number of rotatable bonds is 7. The van der Waals surface area contributed by atoms with Gasteiger partial charge in [-0.05, 0) is 49.8 Å². The highest BCUT2D eigenvalue weighted by Gasteiger charge is 2.66. The lowest BCUT2D eigenvalue weighted by atomic mass is 10.3. The maximum atomic E-state index is 12.6. The van der Waals surface area contributed by atoms with Gasteiger partial charge in [0.25, 0.3) is 10.0 Å². The van der Waals surface area contributed by atoms with Crippen LogP contribution >= 0.6 is 11.6 Å². The maximum Gasteiger partial charge on any atom is 0.267 e. The number of amides is 1. The molecule has 2 unspecified atom stereocenters. The van der Waals surface area contributed by atoms with E-state index >= 15 is 0 Å². The van der Waals surface area contributed by atoms with E-state index in [4.69, 9.17) is 21.1 Å². The topological polar surface area (TPSA) is 81.7 Å². The predicted molar refractivity (Wildman–Crippen MR) is 88.5 cm³/mol. The Labute approximate surface area is 146 Å². The first-order valence-corrected chi connectivity index (χ1v) is 9.65. The van der Waals surface area contributed by atoms with Crippen LogP contribution in [0.3, 0.4) is 0 Å². The number of ether oxygens (including phenoxy) is 2. The van der Waals surface area contributed by atoms with Gasteiger partial charge in [-0.2, -0.15) is 0 Å². The van der Waals surface area contributed by atoms with Gasteiger partial charge in [-0.25, -0.2) is 13.1 Å². The fourth-order valence-corrected chi connectivity index (χ4v) is 4.38. The highest BCUT2D eigenvalue weighted by Crippen LogP contribution is 2.70. The van der Waals surface area contributed by atoms with Crippen LogP contribution < -0.4 is 9.46 Å². The van der Waals surface area contributed by atoms with Crippen LogP contribution in [0.4, 0.5) is 0 Å². The first kappa shape index (κ1) is 17.5. The third-order valence-corrected chi connectivity index (χ3v) is 6.16. The summed E-state index contributed by atoms with van der Waals surface area (Å²) >= 11 is 5.93. The van der Waals surface area contributed by atoms with E-state index < -0.39 is 15.9 Å². The molecule has 0 saturated heterocycles. The number of hydrogen-bond acceptors (Lipinski definition) is 5. The van der Waals surface area contributed by atoms with Crippen molar-refractivity contribution < 1.29 is 22.7 Å². The smallest absolute Gasteiger partial charge is 0.267 e. The molecule has 2 fully saturated rings. The van der Waals surface area contributed by atoms with E-state index in [-0.39, 0.29) is 33.1 Å².